The number of aliphatic carboxylic acids is 1. The van der Waals surface area contributed by atoms with Gasteiger partial charge in [0, 0.05) is 162 Å². The lowest BCUT2D eigenvalue weighted by Gasteiger charge is -2.44. The van der Waals surface area contributed by atoms with Gasteiger partial charge in [0.15, 0.2) is 74.0 Å². The number of ether oxygens (including phenoxy) is 24. The first-order valence-electron chi connectivity index (χ1n) is 48.0. The van der Waals surface area contributed by atoms with Crippen molar-refractivity contribution in [2.75, 3.05) is 112 Å². The lowest BCUT2D eigenvalue weighted by Crippen LogP contribution is -2.66. The quantitative estimate of drug-likeness (QED) is 0.0160. The van der Waals surface area contributed by atoms with Gasteiger partial charge in [-0.1, -0.05) is 27.3 Å². The van der Waals surface area contributed by atoms with Gasteiger partial charge in [0.1, 0.15) is 81.1 Å². The zero-order valence-corrected chi connectivity index (χ0v) is 86.2. The predicted molar refractivity (Wildman–Crippen MR) is 492 cm³/mol. The van der Waals surface area contributed by atoms with Gasteiger partial charge in [-0.15, -0.1) is 20.4 Å². The van der Waals surface area contributed by atoms with Crippen LogP contribution in [-0.2, 0) is 248 Å². The third-order valence-electron chi connectivity index (χ3n) is 22.0. The fourth-order valence-electron chi connectivity index (χ4n) is 16.2. The Hall–Kier alpha value is -13.0. The van der Waals surface area contributed by atoms with E-state index in [2.05, 4.69) is 62.5 Å². The van der Waals surface area contributed by atoms with E-state index in [-0.39, 0.29) is 144 Å². The minimum absolute atomic E-state index is 0.00572. The molecule has 4 amide bonds. The van der Waals surface area contributed by atoms with Crippen LogP contribution in [0.25, 0.3) is 0 Å². The zero-order chi connectivity index (χ0) is 110. The molecule has 0 spiro atoms. The molecule has 836 valence electrons. The number of aromatic nitrogens is 12. The molecule has 21 atom stereocenters. The first-order valence-corrected chi connectivity index (χ1v) is 48.0. The van der Waals surface area contributed by atoms with Crippen molar-refractivity contribution in [1.82, 2.24) is 91.0 Å². The maximum absolute atomic E-state index is 13.9. The van der Waals surface area contributed by atoms with E-state index < -0.39 is 256 Å². The van der Waals surface area contributed by atoms with Gasteiger partial charge in [-0.3, -0.25) is 91.3 Å². The monoisotopic (exact) mass is 2140 g/mol. The van der Waals surface area contributed by atoms with Gasteiger partial charge in [0.05, 0.1) is 128 Å². The summed E-state index contributed by atoms with van der Waals surface area (Å²) in [5.74, 6) is -12.7. The third-order valence-corrected chi connectivity index (χ3v) is 22.0. The van der Waals surface area contributed by atoms with Gasteiger partial charge >= 0.3 is 77.6 Å². The highest BCUT2D eigenvalue weighted by molar-refractivity contribution is 5.77. The van der Waals surface area contributed by atoms with Crippen LogP contribution in [0, 0.1) is 0 Å². The molecule has 8 rings (SSSR count). The number of nitrogens with zero attached hydrogens (tertiary/aromatic N) is 14. The molecule has 4 aromatic rings. The highest BCUT2D eigenvalue weighted by Crippen LogP contribution is 2.34. The summed E-state index contributed by atoms with van der Waals surface area (Å²) in [5, 5.41) is 56.9. The van der Waals surface area contributed by atoms with Crippen molar-refractivity contribution in [2.45, 2.75) is 311 Å². The molecule has 0 saturated carbocycles. The number of esters is 12. The number of carbonyl (C=O) groups excluding carboxylic acids is 16. The average Bonchev–Trinajstić information content (AvgIpc) is 0.909. The highest BCUT2D eigenvalue weighted by atomic mass is 16.8. The Morgan fingerprint density at radius 1 is 0.307 bits per heavy atom. The smallest absolute Gasteiger partial charge is 0.320 e. The fraction of sp³-hybridized carbons (Fsp3) is 0.722. The average molecular weight is 2140 g/mol. The van der Waals surface area contributed by atoms with Gasteiger partial charge in [-0.2, -0.15) is 0 Å². The summed E-state index contributed by atoms with van der Waals surface area (Å²) in [6.07, 6.45) is -13.9. The second-order valence-corrected chi connectivity index (χ2v) is 34.7. The SMILES string of the molecule is CC(=O)N[C@H]1[C@H](OCCOCCn2cc(CN(CCCC[C@@H](C(=O)O)N(Cc3cn(CCOCCO[C@@H]4O[C@H](COC(C)=O)[C@H](OC(C)=O)[C@H](OC(C)=O)[C@H]4NC(C)=O)nn3)Cc3cn(CCOCCO[C@@H]4O[C@H](COC(C)=O)[C@H](OC(C)=O)[C@H](OC(C)=O)[C@H]4NC(C)=O)nn3)Cc3cn(CCOCCO[C@@H]4O[C@H](COC(C)=O)[C@H](OC(C)=O)[C@H](OC(C)=O)[C@H]4NC(C)=O)nn3)nn2)O[C@H](COC(C)=O)[C@H](OC(C)=O)[C@@H]1OC(C)=O. The Morgan fingerprint density at radius 2 is 0.533 bits per heavy atom. The first kappa shape index (κ1) is 122. The molecule has 5 N–H and O–H groups in total. The van der Waals surface area contributed by atoms with Crippen LogP contribution >= 0.6 is 0 Å². The van der Waals surface area contributed by atoms with Crippen LogP contribution in [0.2, 0.25) is 0 Å². The summed E-state index contributed by atoms with van der Waals surface area (Å²) in [7, 11) is 0. The van der Waals surface area contributed by atoms with Gasteiger partial charge in [0.2, 0.25) is 23.6 Å². The zero-order valence-electron chi connectivity index (χ0n) is 86.2. The molecule has 4 saturated heterocycles. The van der Waals surface area contributed by atoms with Crippen LogP contribution in [0.15, 0.2) is 24.8 Å². The van der Waals surface area contributed by atoms with Crippen molar-refractivity contribution in [3.05, 3.63) is 47.6 Å². The van der Waals surface area contributed by atoms with E-state index in [0.717, 1.165) is 83.1 Å². The summed E-state index contributed by atoms with van der Waals surface area (Å²) in [6.45, 7) is 16.4. The maximum atomic E-state index is 13.9. The van der Waals surface area contributed by atoms with Crippen LogP contribution in [0.1, 0.15) is 153 Å². The Morgan fingerprint density at radius 3 is 0.747 bits per heavy atom. The molecule has 0 aliphatic carbocycles. The minimum Gasteiger partial charge on any atom is -0.480 e. The van der Waals surface area contributed by atoms with Crippen molar-refractivity contribution in [1.29, 1.82) is 0 Å². The third kappa shape index (κ3) is 42.8. The Balaban J connectivity index is 0.979. The van der Waals surface area contributed by atoms with Crippen molar-refractivity contribution < 1.29 is 200 Å². The van der Waals surface area contributed by atoms with E-state index in [1.807, 2.05) is 4.90 Å². The molecule has 4 fully saturated rings. The standard InChI is InChI=1S/C90H134N18O42/c1-49(109)91-74-82(143-61(13)121)78(139-57(9)117)70(45-135-53(5)113)147-87(74)131-33-29-127-25-21-105-41-65(95-99-105)37-103(38-66-42-106(100-96-66)22-26-128-30-34-132-88-75(92-50(2)110)83(144-62(14)122)79(140-58(10)118)71(148-88)46-136-54(6)114)20-18-17-19-69(86(125)126)104(39-67-43-107(101-97-67)23-27-129-31-35-133-89-76(93-51(3)111)84(145-63(15)123)80(141-59(11)119)72(149-89)47-137-55(7)115)40-68-44-108(102-98-68)24-28-130-32-36-134-90-77(94-52(4)112)85(146-64(16)124)81(142-60(12)120)73(150-90)48-138-56(8)116/h41-44,69-85,87-90H,17-40,45-48H2,1-16H3,(H,91,109)(H,92,110)(H,93,111)(H,94,112)(H,125,126)/t69-,70+,71+,72+,73+,74+,75+,76+,77+,78-,79-,80-,81-,82+,83+,84+,85+,87+,88+,89+,90+/m0/s1. The second kappa shape index (κ2) is 62.6. The van der Waals surface area contributed by atoms with Crippen LogP contribution in [0.5, 0.6) is 0 Å². The van der Waals surface area contributed by atoms with Crippen molar-refractivity contribution in [2.24, 2.45) is 0 Å². The number of carbonyl (C=O) groups is 17. The molecule has 150 heavy (non-hydrogen) atoms. The minimum atomic E-state index is -1.37. The van der Waals surface area contributed by atoms with Crippen molar-refractivity contribution in [3.8, 4) is 0 Å². The number of carboxylic acids is 1. The van der Waals surface area contributed by atoms with E-state index >= 15 is 0 Å². The van der Waals surface area contributed by atoms with Crippen LogP contribution in [0.4, 0.5) is 0 Å². The van der Waals surface area contributed by atoms with Gasteiger partial charge in [-0.25, -0.2) is 18.7 Å². The van der Waals surface area contributed by atoms with E-state index in [0.29, 0.717) is 35.7 Å². The summed E-state index contributed by atoms with van der Waals surface area (Å²) in [6, 6.07) is -6.16. The molecule has 4 aromatic heterocycles. The van der Waals surface area contributed by atoms with Crippen molar-refractivity contribution >= 4 is 101 Å². The molecule has 4 aliphatic heterocycles. The number of unbranched alkanes of at least 4 members (excludes halogenated alkanes) is 1. The van der Waals surface area contributed by atoms with Crippen molar-refractivity contribution in [3.63, 3.8) is 0 Å². The Labute approximate surface area is 860 Å². The number of rotatable bonds is 63. The molecule has 8 heterocycles. The van der Waals surface area contributed by atoms with E-state index in [1.165, 1.54) is 46.4 Å². The summed E-state index contributed by atoms with van der Waals surface area (Å²) < 4.78 is 143. The number of hydrogen-bond acceptors (Lipinski definition) is 51. The molecule has 0 aromatic carbocycles. The number of amides is 4. The topological polar surface area (TPSA) is 709 Å². The van der Waals surface area contributed by atoms with E-state index in [9.17, 15) is 86.6 Å². The summed E-state index contributed by atoms with van der Waals surface area (Å²) in [4.78, 5) is 215. The largest absolute Gasteiger partial charge is 0.480 e. The molecule has 0 unspecified atom stereocenters. The maximum Gasteiger partial charge on any atom is 0.320 e. The Kier molecular flexibility index (Phi) is 51.0. The predicted octanol–water partition coefficient (Wildman–Crippen LogP) is -3.86. The lowest BCUT2D eigenvalue weighted by atomic mass is 9.96. The number of hydrogen-bond donors (Lipinski definition) is 5. The van der Waals surface area contributed by atoms with E-state index in [1.54, 1.807) is 29.7 Å². The molecule has 0 radical (unpaired) electrons. The second-order valence-electron chi connectivity index (χ2n) is 34.7. The first-order chi connectivity index (χ1) is 71.3. The molecule has 60 heteroatoms. The molecule has 4 aliphatic rings. The van der Waals surface area contributed by atoms with Crippen LogP contribution in [0.3, 0.4) is 0 Å². The van der Waals surface area contributed by atoms with Gasteiger partial charge in [-0.05, 0) is 19.4 Å². The van der Waals surface area contributed by atoms with Gasteiger partial charge in [0.25, 0.3) is 0 Å². The van der Waals surface area contributed by atoms with Crippen LogP contribution in [-0.4, -0.2) is 417 Å². The summed E-state index contributed by atoms with van der Waals surface area (Å²) >= 11 is 0. The van der Waals surface area contributed by atoms with Gasteiger partial charge < -0.3 is 140 Å². The lowest BCUT2D eigenvalue weighted by molar-refractivity contribution is -0.279. The summed E-state index contributed by atoms with van der Waals surface area (Å²) in [5.41, 5.74) is 1.61. The molecular formula is C90H134N18O42. The Bertz CT molecular complexity index is 4790. The highest BCUT2D eigenvalue weighted by Gasteiger charge is 2.56. The molecule has 60 nitrogen and oxygen atoms in total. The number of carboxylic acid groups (broad SMARTS) is 1. The van der Waals surface area contributed by atoms with Crippen LogP contribution < -0.4 is 21.3 Å². The number of nitrogens with one attached hydrogen (secondary N) is 4. The molecule has 0 bridgehead atoms. The molecular weight excluding hydrogens is 2010 g/mol. The fourth-order valence-corrected chi connectivity index (χ4v) is 16.2. The normalized spacial score (nSPS) is 23.7. The van der Waals surface area contributed by atoms with E-state index in [4.69, 9.17) is 114 Å².